The lowest BCUT2D eigenvalue weighted by molar-refractivity contribution is 0.0696. The molecule has 0 unspecified atom stereocenters. The highest BCUT2D eigenvalue weighted by atomic mass is 32.2. The third-order valence-corrected chi connectivity index (χ3v) is 4.15. The van der Waals surface area contributed by atoms with Gasteiger partial charge >= 0.3 is 5.97 Å². The summed E-state index contributed by atoms with van der Waals surface area (Å²) in [6, 6.07) is 11.8. The van der Waals surface area contributed by atoms with Gasteiger partial charge in [0.25, 0.3) is 0 Å². The van der Waals surface area contributed by atoms with Gasteiger partial charge in [0, 0.05) is 0 Å². The van der Waals surface area contributed by atoms with Crippen molar-refractivity contribution in [2.75, 3.05) is 7.05 Å². The number of carboxylic acid groups (broad SMARTS) is 1. The van der Waals surface area contributed by atoms with Crippen LogP contribution in [0.25, 0.3) is 0 Å². The second-order valence-electron chi connectivity index (χ2n) is 4.11. The highest BCUT2D eigenvalue weighted by Crippen LogP contribution is 2.23. The van der Waals surface area contributed by atoms with Gasteiger partial charge in [-0.15, -0.1) is 0 Å². The molecular formula is C14H13NO5S. The van der Waals surface area contributed by atoms with Gasteiger partial charge in [-0.25, -0.2) is 17.9 Å². The van der Waals surface area contributed by atoms with E-state index in [1.807, 2.05) is 0 Å². The Hall–Kier alpha value is -2.38. The van der Waals surface area contributed by atoms with Crippen molar-refractivity contribution in [3.05, 3.63) is 54.1 Å². The minimum atomic E-state index is -3.49. The Morgan fingerprint density at radius 1 is 1.10 bits per heavy atom. The van der Waals surface area contributed by atoms with Crippen LogP contribution in [0.3, 0.4) is 0 Å². The first kappa shape index (κ1) is 15.0. The van der Waals surface area contributed by atoms with E-state index in [9.17, 15) is 13.2 Å². The second-order valence-corrected chi connectivity index (χ2v) is 6.00. The van der Waals surface area contributed by atoms with Crippen LogP contribution in [0.5, 0.6) is 11.5 Å². The van der Waals surface area contributed by atoms with Crippen molar-refractivity contribution in [2.24, 2.45) is 0 Å². The first-order valence-electron chi connectivity index (χ1n) is 5.97. The number of carboxylic acids is 1. The molecule has 0 saturated carbocycles. The predicted molar refractivity (Wildman–Crippen MR) is 76.2 cm³/mol. The zero-order valence-electron chi connectivity index (χ0n) is 11.1. The van der Waals surface area contributed by atoms with Crippen LogP contribution in [-0.4, -0.2) is 26.5 Å². The van der Waals surface area contributed by atoms with Crippen molar-refractivity contribution < 1.29 is 23.1 Å². The topological polar surface area (TPSA) is 92.7 Å². The summed E-state index contributed by atoms with van der Waals surface area (Å²) in [7, 11) is -2.16. The van der Waals surface area contributed by atoms with Crippen LogP contribution >= 0.6 is 0 Å². The number of nitrogens with one attached hydrogen (secondary N) is 1. The maximum absolute atomic E-state index is 11.6. The molecule has 2 rings (SSSR count). The first-order valence-corrected chi connectivity index (χ1v) is 7.45. The van der Waals surface area contributed by atoms with E-state index in [4.69, 9.17) is 9.84 Å². The van der Waals surface area contributed by atoms with E-state index in [0.29, 0.717) is 11.5 Å². The number of hydrogen-bond acceptors (Lipinski definition) is 4. The van der Waals surface area contributed by atoms with Crippen LogP contribution in [0.4, 0.5) is 0 Å². The number of aromatic carboxylic acids is 1. The summed E-state index contributed by atoms with van der Waals surface area (Å²) in [6.07, 6.45) is 0. The van der Waals surface area contributed by atoms with Crippen molar-refractivity contribution >= 4 is 16.0 Å². The van der Waals surface area contributed by atoms with Crippen molar-refractivity contribution in [3.63, 3.8) is 0 Å². The van der Waals surface area contributed by atoms with E-state index in [0.717, 1.165) is 0 Å². The summed E-state index contributed by atoms with van der Waals surface area (Å²) in [5, 5.41) is 8.90. The molecule has 0 saturated heterocycles. The Morgan fingerprint density at radius 2 is 1.76 bits per heavy atom. The van der Waals surface area contributed by atoms with Gasteiger partial charge in [0.15, 0.2) is 0 Å². The molecule has 0 fully saturated rings. The summed E-state index contributed by atoms with van der Waals surface area (Å²) in [4.78, 5) is 11.0. The Bertz CT molecular complexity index is 753. The molecule has 6 nitrogen and oxygen atoms in total. The number of ether oxygens (including phenoxy) is 1. The van der Waals surface area contributed by atoms with Crippen molar-refractivity contribution in [3.8, 4) is 11.5 Å². The number of rotatable bonds is 5. The fourth-order valence-corrected chi connectivity index (χ4v) is 2.36. The van der Waals surface area contributed by atoms with Crippen LogP contribution in [0.2, 0.25) is 0 Å². The monoisotopic (exact) mass is 307 g/mol. The summed E-state index contributed by atoms with van der Waals surface area (Å²) < 4.78 is 30.9. The lowest BCUT2D eigenvalue weighted by atomic mass is 10.2. The smallest absolute Gasteiger partial charge is 0.335 e. The Labute approximate surface area is 122 Å². The van der Waals surface area contributed by atoms with Crippen molar-refractivity contribution in [1.82, 2.24) is 4.72 Å². The van der Waals surface area contributed by atoms with Gasteiger partial charge in [0.2, 0.25) is 10.0 Å². The molecule has 0 aliphatic carbocycles. The van der Waals surface area contributed by atoms with E-state index in [2.05, 4.69) is 4.72 Å². The fourth-order valence-electron chi connectivity index (χ4n) is 1.63. The lowest BCUT2D eigenvalue weighted by Crippen LogP contribution is -2.18. The zero-order valence-corrected chi connectivity index (χ0v) is 11.9. The van der Waals surface area contributed by atoms with Crippen molar-refractivity contribution in [1.29, 1.82) is 0 Å². The van der Waals surface area contributed by atoms with Gasteiger partial charge in [0.05, 0.1) is 10.5 Å². The standard InChI is InChI=1S/C14H13NO5S/c1-15-21(18,19)13-7-5-11(6-8-13)20-12-4-2-3-10(9-12)14(16)17/h2-9,15H,1H3,(H,16,17). The zero-order chi connectivity index (χ0) is 15.5. The highest BCUT2D eigenvalue weighted by molar-refractivity contribution is 7.89. The largest absolute Gasteiger partial charge is 0.478 e. The highest BCUT2D eigenvalue weighted by Gasteiger charge is 2.11. The average molecular weight is 307 g/mol. The molecule has 21 heavy (non-hydrogen) atoms. The molecular weight excluding hydrogens is 294 g/mol. The van der Waals surface area contributed by atoms with E-state index in [1.54, 1.807) is 12.1 Å². The van der Waals surface area contributed by atoms with Gasteiger partial charge < -0.3 is 9.84 Å². The second kappa shape index (κ2) is 5.94. The van der Waals surface area contributed by atoms with Crippen LogP contribution < -0.4 is 9.46 Å². The fraction of sp³-hybridized carbons (Fsp3) is 0.0714. The predicted octanol–water partition coefficient (Wildman–Crippen LogP) is 2.09. The number of hydrogen-bond donors (Lipinski definition) is 2. The van der Waals surface area contributed by atoms with Gasteiger partial charge in [-0.1, -0.05) is 6.07 Å². The SMILES string of the molecule is CNS(=O)(=O)c1ccc(Oc2cccc(C(=O)O)c2)cc1. The molecule has 0 heterocycles. The molecule has 0 bridgehead atoms. The van der Waals surface area contributed by atoms with Crippen LogP contribution in [0.15, 0.2) is 53.4 Å². The minimum absolute atomic E-state index is 0.113. The van der Waals surface area contributed by atoms with Gasteiger partial charge in [0.1, 0.15) is 11.5 Å². The molecule has 0 aliphatic heterocycles. The summed E-state index contributed by atoms with van der Waals surface area (Å²) in [5.74, 6) is -0.275. The Morgan fingerprint density at radius 3 is 2.33 bits per heavy atom. The lowest BCUT2D eigenvalue weighted by Gasteiger charge is -2.07. The maximum atomic E-state index is 11.6. The van der Waals surface area contributed by atoms with Crippen LogP contribution in [0.1, 0.15) is 10.4 Å². The van der Waals surface area contributed by atoms with Gasteiger partial charge in [-0.2, -0.15) is 0 Å². The van der Waals surface area contributed by atoms with E-state index < -0.39 is 16.0 Å². The molecule has 2 aromatic rings. The Balaban J connectivity index is 2.21. The molecule has 2 aromatic carbocycles. The summed E-state index contributed by atoms with van der Waals surface area (Å²) >= 11 is 0. The number of carbonyl (C=O) groups is 1. The van der Waals surface area contributed by atoms with Gasteiger partial charge in [-0.05, 0) is 49.5 Å². The molecule has 0 aliphatic rings. The summed E-state index contributed by atoms with van der Waals surface area (Å²) in [5.41, 5.74) is 0.113. The number of benzene rings is 2. The van der Waals surface area contributed by atoms with E-state index >= 15 is 0 Å². The molecule has 0 aromatic heterocycles. The molecule has 0 spiro atoms. The van der Waals surface area contributed by atoms with E-state index in [1.165, 1.54) is 43.4 Å². The normalized spacial score (nSPS) is 11.1. The van der Waals surface area contributed by atoms with Gasteiger partial charge in [-0.3, -0.25) is 0 Å². The maximum Gasteiger partial charge on any atom is 0.335 e. The Kier molecular flexibility index (Phi) is 4.25. The first-order chi connectivity index (χ1) is 9.92. The van der Waals surface area contributed by atoms with Crippen molar-refractivity contribution in [2.45, 2.75) is 4.90 Å². The summed E-state index contributed by atoms with van der Waals surface area (Å²) in [6.45, 7) is 0. The van der Waals surface area contributed by atoms with Crippen LogP contribution in [-0.2, 0) is 10.0 Å². The van der Waals surface area contributed by atoms with E-state index in [-0.39, 0.29) is 10.5 Å². The third-order valence-electron chi connectivity index (χ3n) is 2.72. The molecule has 2 N–H and O–H groups in total. The molecule has 0 atom stereocenters. The average Bonchev–Trinajstić information content (AvgIpc) is 2.48. The molecule has 0 radical (unpaired) electrons. The minimum Gasteiger partial charge on any atom is -0.478 e. The van der Waals surface area contributed by atoms with Crippen LogP contribution in [0, 0.1) is 0 Å². The number of sulfonamides is 1. The molecule has 7 heteroatoms. The molecule has 110 valence electrons. The third kappa shape index (κ3) is 3.59. The quantitative estimate of drug-likeness (QED) is 0.882. The molecule has 0 amide bonds.